The van der Waals surface area contributed by atoms with Gasteiger partial charge in [0.1, 0.15) is 35.6 Å². The molecule has 4 aromatic rings. The van der Waals surface area contributed by atoms with Gasteiger partial charge in [-0.05, 0) is 68.0 Å². The minimum absolute atomic E-state index is 0.00231. The number of nitrogens with zero attached hydrogens (tertiary/aromatic N) is 5. The molecule has 3 N–H and O–H groups in total. The van der Waals surface area contributed by atoms with Crippen LogP contribution >= 0.6 is 0 Å². The maximum Gasteiger partial charge on any atom is 0.319 e. The Hall–Kier alpha value is -3.67. The van der Waals surface area contributed by atoms with Crippen molar-refractivity contribution in [2.75, 3.05) is 44.3 Å². The van der Waals surface area contributed by atoms with Gasteiger partial charge in [0, 0.05) is 44.4 Å². The van der Waals surface area contributed by atoms with E-state index in [4.69, 9.17) is 9.72 Å². The third kappa shape index (κ3) is 5.20. The molecule has 2 atom stereocenters. The van der Waals surface area contributed by atoms with Crippen LogP contribution in [0.1, 0.15) is 44.9 Å². The fourth-order valence-electron chi connectivity index (χ4n) is 7.45. The molecule has 0 amide bonds. The summed E-state index contributed by atoms with van der Waals surface area (Å²) < 4.78 is 37.2. The smallest absolute Gasteiger partial charge is 0.319 e. The molecule has 0 aliphatic carbocycles. The number of hydrogen-bond donors (Lipinski definition) is 3. The Labute approximate surface area is 254 Å². The first-order valence-corrected chi connectivity index (χ1v) is 15.5. The number of anilines is 1. The van der Waals surface area contributed by atoms with Crippen molar-refractivity contribution in [3.63, 3.8) is 0 Å². The van der Waals surface area contributed by atoms with Crippen molar-refractivity contribution < 1.29 is 28.8 Å². The standard InChI is InChI=1S/C33H37F2N5O4/c34-22-17-32(7-3-11-40(32)19-22)20-44-31-37-29-26(30(38-31)39-12-9-33(43,10-13-39)8-4-14-41)18-36-28(27(29)35)25-16-23(42)15-21-5-1-2-6-24(21)25/h1-2,5-6,15-16,18,22,41-43H,3-4,7-14,17,19-20H2/t22?,32-/m0/s1. The molecule has 3 fully saturated rings. The highest BCUT2D eigenvalue weighted by molar-refractivity contribution is 5.99. The molecule has 3 saturated heterocycles. The number of aromatic hydroxyl groups is 1. The molecule has 0 spiro atoms. The molecule has 2 aromatic carbocycles. The van der Waals surface area contributed by atoms with E-state index in [1.807, 2.05) is 29.2 Å². The summed E-state index contributed by atoms with van der Waals surface area (Å²) in [4.78, 5) is 18.0. The number of hydrogen-bond acceptors (Lipinski definition) is 9. The predicted molar refractivity (Wildman–Crippen MR) is 163 cm³/mol. The average Bonchev–Trinajstić information content (AvgIpc) is 3.55. The first-order chi connectivity index (χ1) is 21.3. The number of benzene rings is 2. The number of rotatable bonds is 8. The first kappa shape index (κ1) is 29.1. The molecule has 0 radical (unpaired) electrons. The second-order valence-electron chi connectivity index (χ2n) is 12.6. The first-order valence-electron chi connectivity index (χ1n) is 15.5. The Morgan fingerprint density at radius 2 is 1.86 bits per heavy atom. The zero-order valence-electron chi connectivity index (χ0n) is 24.6. The molecule has 3 aliphatic heterocycles. The van der Waals surface area contributed by atoms with E-state index < -0.39 is 23.1 Å². The number of fused-ring (bicyclic) bond motifs is 3. The van der Waals surface area contributed by atoms with Gasteiger partial charge in [-0.25, -0.2) is 8.78 Å². The van der Waals surface area contributed by atoms with Crippen LogP contribution in [-0.4, -0.2) is 91.9 Å². The van der Waals surface area contributed by atoms with Crippen LogP contribution in [0.5, 0.6) is 11.8 Å². The monoisotopic (exact) mass is 605 g/mol. The van der Waals surface area contributed by atoms with Gasteiger partial charge < -0.3 is 25.0 Å². The molecule has 3 aliphatic rings. The van der Waals surface area contributed by atoms with Crippen LogP contribution in [0.4, 0.5) is 14.6 Å². The maximum atomic E-state index is 16.6. The fourth-order valence-corrected chi connectivity index (χ4v) is 7.45. The van der Waals surface area contributed by atoms with Crippen molar-refractivity contribution in [2.45, 2.75) is 62.3 Å². The molecule has 9 nitrogen and oxygen atoms in total. The molecule has 44 heavy (non-hydrogen) atoms. The molecule has 11 heteroatoms. The maximum absolute atomic E-state index is 16.6. The van der Waals surface area contributed by atoms with Crippen molar-refractivity contribution in [3.8, 4) is 23.0 Å². The lowest BCUT2D eigenvalue weighted by atomic mass is 9.87. The van der Waals surface area contributed by atoms with E-state index in [1.54, 1.807) is 12.3 Å². The topological polar surface area (TPSA) is 115 Å². The lowest BCUT2D eigenvalue weighted by molar-refractivity contribution is 0.00252. The zero-order chi connectivity index (χ0) is 30.5. The fraction of sp³-hybridized carbons (Fsp3) is 0.485. The van der Waals surface area contributed by atoms with E-state index in [-0.39, 0.29) is 36.2 Å². The molecular formula is C33H37F2N5O4. The van der Waals surface area contributed by atoms with E-state index in [0.717, 1.165) is 30.2 Å². The van der Waals surface area contributed by atoms with Crippen molar-refractivity contribution in [1.29, 1.82) is 0 Å². The van der Waals surface area contributed by atoms with Crippen molar-refractivity contribution in [2.24, 2.45) is 0 Å². The van der Waals surface area contributed by atoms with Crippen LogP contribution < -0.4 is 9.64 Å². The summed E-state index contributed by atoms with van der Waals surface area (Å²) in [7, 11) is 0. The van der Waals surface area contributed by atoms with Gasteiger partial charge in [-0.1, -0.05) is 24.3 Å². The number of phenolic OH excluding ortho intramolecular Hbond substituents is 1. The molecule has 2 aromatic heterocycles. The summed E-state index contributed by atoms with van der Waals surface area (Å²) in [6, 6.07) is 10.5. The minimum Gasteiger partial charge on any atom is -0.508 e. The Kier molecular flexibility index (Phi) is 7.50. The van der Waals surface area contributed by atoms with E-state index in [2.05, 4.69) is 14.9 Å². The van der Waals surface area contributed by atoms with Crippen molar-refractivity contribution >= 4 is 27.5 Å². The van der Waals surface area contributed by atoms with Gasteiger partial charge in [-0.15, -0.1) is 0 Å². The molecule has 232 valence electrons. The number of aliphatic hydroxyl groups excluding tert-OH is 1. The Morgan fingerprint density at radius 3 is 2.68 bits per heavy atom. The van der Waals surface area contributed by atoms with E-state index in [0.29, 0.717) is 68.5 Å². The van der Waals surface area contributed by atoms with Crippen LogP contribution in [-0.2, 0) is 0 Å². The van der Waals surface area contributed by atoms with E-state index in [1.165, 1.54) is 6.07 Å². The number of aromatic nitrogens is 3. The van der Waals surface area contributed by atoms with Crippen LogP contribution in [0.3, 0.4) is 0 Å². The molecule has 1 unspecified atom stereocenters. The lowest BCUT2D eigenvalue weighted by Crippen LogP contribution is -2.45. The summed E-state index contributed by atoms with van der Waals surface area (Å²) >= 11 is 0. The van der Waals surface area contributed by atoms with Gasteiger partial charge in [0.15, 0.2) is 5.82 Å². The minimum atomic E-state index is -0.909. The highest BCUT2D eigenvalue weighted by Crippen LogP contribution is 2.41. The van der Waals surface area contributed by atoms with Gasteiger partial charge in [0.2, 0.25) is 0 Å². The molecule has 0 saturated carbocycles. The normalized spacial score (nSPS) is 23.5. The Bertz CT molecular complexity index is 1700. The zero-order valence-corrected chi connectivity index (χ0v) is 24.6. The highest BCUT2D eigenvalue weighted by atomic mass is 19.1. The number of aliphatic hydroxyl groups is 2. The van der Waals surface area contributed by atoms with Crippen molar-refractivity contribution in [3.05, 3.63) is 48.4 Å². The highest BCUT2D eigenvalue weighted by Gasteiger charge is 2.49. The second kappa shape index (κ2) is 11.4. The Morgan fingerprint density at radius 1 is 1.05 bits per heavy atom. The Balaban J connectivity index is 1.29. The van der Waals surface area contributed by atoms with Gasteiger partial charge in [-0.3, -0.25) is 9.88 Å². The molecular weight excluding hydrogens is 568 g/mol. The number of halogens is 2. The average molecular weight is 606 g/mol. The third-order valence-electron chi connectivity index (χ3n) is 9.77. The van der Waals surface area contributed by atoms with E-state index >= 15 is 4.39 Å². The predicted octanol–water partition coefficient (Wildman–Crippen LogP) is 4.75. The molecule has 5 heterocycles. The van der Waals surface area contributed by atoms with Gasteiger partial charge in [0.05, 0.1) is 16.5 Å². The molecule has 0 bridgehead atoms. The summed E-state index contributed by atoms with van der Waals surface area (Å²) in [5, 5.41) is 32.6. The number of alkyl halides is 1. The summed E-state index contributed by atoms with van der Waals surface area (Å²) in [6.45, 7) is 2.37. The van der Waals surface area contributed by atoms with Crippen LogP contribution in [0.15, 0.2) is 42.6 Å². The summed E-state index contributed by atoms with van der Waals surface area (Å²) in [5.41, 5.74) is -0.776. The third-order valence-corrected chi connectivity index (χ3v) is 9.77. The van der Waals surface area contributed by atoms with Crippen LogP contribution in [0.2, 0.25) is 0 Å². The van der Waals surface area contributed by atoms with Gasteiger partial charge in [0.25, 0.3) is 0 Å². The quantitative estimate of drug-likeness (QED) is 0.262. The SMILES string of the molecule is OCCCC1(O)CCN(c2nc(OC[C@@]34CCCN3CC(F)C4)nc3c(F)c(-c4cc(O)cc5ccccc45)ncc23)CC1. The van der Waals surface area contributed by atoms with Crippen LogP contribution in [0, 0.1) is 5.82 Å². The van der Waals surface area contributed by atoms with Crippen LogP contribution in [0.25, 0.3) is 32.9 Å². The second-order valence-corrected chi connectivity index (χ2v) is 12.6. The summed E-state index contributed by atoms with van der Waals surface area (Å²) in [5.74, 6) is -0.199. The lowest BCUT2D eigenvalue weighted by Gasteiger charge is -2.39. The van der Waals surface area contributed by atoms with Gasteiger partial charge in [-0.2, -0.15) is 9.97 Å². The number of ether oxygens (including phenoxy) is 1. The van der Waals surface area contributed by atoms with E-state index in [9.17, 15) is 19.7 Å². The summed E-state index contributed by atoms with van der Waals surface area (Å²) in [6.07, 6.45) is 4.77. The largest absolute Gasteiger partial charge is 0.508 e. The number of piperidine rings is 1. The number of phenols is 1. The van der Waals surface area contributed by atoms with Gasteiger partial charge >= 0.3 is 6.01 Å². The number of pyridine rings is 1. The van der Waals surface area contributed by atoms with Crippen molar-refractivity contribution in [1.82, 2.24) is 19.9 Å². The molecule has 7 rings (SSSR count).